The number of hydrogen-bond donors (Lipinski definition) is 0. The molecule has 150 valence electrons. The molecule has 0 atom stereocenters. The molecule has 2 aromatic rings. The lowest BCUT2D eigenvalue weighted by Gasteiger charge is -2.12. The molecule has 0 aliphatic carbocycles. The fraction of sp³-hybridized carbons (Fsp3) is 0.286. The molecule has 0 unspecified atom stereocenters. The molecule has 0 aliphatic heterocycles. The number of carbonyl (C=O) groups excluding carboxylic acids is 1. The summed E-state index contributed by atoms with van der Waals surface area (Å²) in [6.07, 6.45) is 3.44. The van der Waals surface area contributed by atoms with Gasteiger partial charge in [0.25, 0.3) is 0 Å². The molecule has 0 radical (unpaired) electrons. The van der Waals surface area contributed by atoms with Gasteiger partial charge in [0, 0.05) is 12.5 Å². The van der Waals surface area contributed by atoms with Gasteiger partial charge in [0.2, 0.25) is 5.75 Å². The Balaban J connectivity index is 1.80. The smallest absolute Gasteiger partial charge is 0.330 e. The monoisotopic (exact) mass is 390 g/mol. The first kappa shape index (κ1) is 21.1. The van der Waals surface area contributed by atoms with Crippen molar-refractivity contribution in [2.24, 2.45) is 0 Å². The summed E-state index contributed by atoms with van der Waals surface area (Å²) >= 11 is 0. The largest absolute Gasteiger partial charge is 0.493 e. The van der Waals surface area contributed by atoms with E-state index in [0.29, 0.717) is 41.6 Å². The van der Waals surface area contributed by atoms with E-state index in [1.807, 2.05) is 0 Å². The third-order valence-corrected chi connectivity index (χ3v) is 3.71. The molecule has 28 heavy (non-hydrogen) atoms. The van der Waals surface area contributed by atoms with Crippen LogP contribution in [0.5, 0.6) is 23.0 Å². The number of ether oxygens (including phenoxy) is 5. The summed E-state index contributed by atoms with van der Waals surface area (Å²) < 4.78 is 39.2. The van der Waals surface area contributed by atoms with Crippen molar-refractivity contribution in [3.8, 4) is 23.0 Å². The second kappa shape index (κ2) is 10.8. The van der Waals surface area contributed by atoms with Crippen LogP contribution in [0, 0.1) is 5.82 Å². The maximum atomic E-state index is 12.8. The summed E-state index contributed by atoms with van der Waals surface area (Å²) in [7, 11) is 4.56. The molecule has 0 saturated carbocycles. The number of methoxy groups -OCH3 is 3. The number of halogens is 1. The maximum absolute atomic E-state index is 12.8. The minimum absolute atomic E-state index is 0.208. The van der Waals surface area contributed by atoms with Gasteiger partial charge in [-0.1, -0.05) is 0 Å². The molecule has 6 nitrogen and oxygen atoms in total. The van der Waals surface area contributed by atoms with E-state index in [0.717, 1.165) is 0 Å². The second-order valence-corrected chi connectivity index (χ2v) is 5.62. The quantitative estimate of drug-likeness (QED) is 0.349. The van der Waals surface area contributed by atoms with Gasteiger partial charge < -0.3 is 23.7 Å². The number of carbonyl (C=O) groups is 1. The molecule has 2 aromatic carbocycles. The minimum atomic E-state index is -0.476. The molecule has 0 aromatic heterocycles. The van der Waals surface area contributed by atoms with Gasteiger partial charge in [0.05, 0.1) is 34.5 Å². The molecular formula is C21H23FO6. The average molecular weight is 390 g/mol. The molecule has 0 aliphatic rings. The van der Waals surface area contributed by atoms with E-state index in [1.165, 1.54) is 39.5 Å². The predicted molar refractivity (Wildman–Crippen MR) is 103 cm³/mol. The SMILES string of the molecule is COc1cc(/C=C/C(=O)OCCCOc2ccc(F)cc2)cc(OC)c1OC. The molecule has 0 spiro atoms. The van der Waals surface area contributed by atoms with Gasteiger partial charge in [-0.15, -0.1) is 0 Å². The van der Waals surface area contributed by atoms with Gasteiger partial charge in [-0.25, -0.2) is 9.18 Å². The zero-order valence-electron chi connectivity index (χ0n) is 16.1. The molecule has 0 heterocycles. The van der Waals surface area contributed by atoms with Crippen LogP contribution in [0.4, 0.5) is 4.39 Å². The van der Waals surface area contributed by atoms with E-state index in [-0.39, 0.29) is 12.4 Å². The summed E-state index contributed by atoms with van der Waals surface area (Å²) in [5, 5.41) is 0. The van der Waals surface area contributed by atoms with Crippen LogP contribution < -0.4 is 18.9 Å². The van der Waals surface area contributed by atoms with Crippen LogP contribution in [0.1, 0.15) is 12.0 Å². The van der Waals surface area contributed by atoms with Crippen molar-refractivity contribution in [2.75, 3.05) is 34.5 Å². The van der Waals surface area contributed by atoms with Crippen LogP contribution in [0.3, 0.4) is 0 Å². The van der Waals surface area contributed by atoms with Gasteiger partial charge >= 0.3 is 5.97 Å². The molecule has 0 N–H and O–H groups in total. The first-order valence-electron chi connectivity index (χ1n) is 8.60. The van der Waals surface area contributed by atoms with E-state index in [1.54, 1.807) is 30.3 Å². The molecule has 0 fully saturated rings. The van der Waals surface area contributed by atoms with Crippen LogP contribution >= 0.6 is 0 Å². The average Bonchev–Trinajstić information content (AvgIpc) is 2.72. The fourth-order valence-electron chi connectivity index (χ4n) is 2.36. The van der Waals surface area contributed by atoms with Crippen molar-refractivity contribution in [1.29, 1.82) is 0 Å². The number of hydrogen-bond acceptors (Lipinski definition) is 6. The molecule has 0 bridgehead atoms. The number of esters is 1. The van der Waals surface area contributed by atoms with Crippen molar-refractivity contribution >= 4 is 12.0 Å². The Hall–Kier alpha value is -3.22. The Morgan fingerprint density at radius 2 is 1.61 bits per heavy atom. The summed E-state index contributed by atoms with van der Waals surface area (Å²) in [6.45, 7) is 0.565. The van der Waals surface area contributed by atoms with Gasteiger partial charge in [0.1, 0.15) is 11.6 Å². The zero-order chi connectivity index (χ0) is 20.4. The van der Waals surface area contributed by atoms with E-state index >= 15 is 0 Å². The lowest BCUT2D eigenvalue weighted by molar-refractivity contribution is -0.137. The number of benzene rings is 2. The van der Waals surface area contributed by atoms with Crippen molar-refractivity contribution in [3.05, 3.63) is 53.9 Å². The molecular weight excluding hydrogens is 367 g/mol. The van der Waals surface area contributed by atoms with Gasteiger partial charge in [-0.2, -0.15) is 0 Å². The van der Waals surface area contributed by atoms with Crippen molar-refractivity contribution < 1.29 is 32.9 Å². The third-order valence-electron chi connectivity index (χ3n) is 3.71. The second-order valence-electron chi connectivity index (χ2n) is 5.62. The maximum Gasteiger partial charge on any atom is 0.330 e. The normalized spacial score (nSPS) is 10.6. The Kier molecular flexibility index (Phi) is 8.14. The Bertz CT molecular complexity index is 776. The minimum Gasteiger partial charge on any atom is -0.493 e. The zero-order valence-corrected chi connectivity index (χ0v) is 16.1. The van der Waals surface area contributed by atoms with Crippen LogP contribution in [-0.4, -0.2) is 40.5 Å². The highest BCUT2D eigenvalue weighted by molar-refractivity contribution is 5.87. The summed E-state index contributed by atoms with van der Waals surface area (Å²) in [5.41, 5.74) is 0.700. The van der Waals surface area contributed by atoms with E-state index in [9.17, 15) is 9.18 Å². The summed E-state index contributed by atoms with van der Waals surface area (Å²) in [5.74, 6) is 1.23. The highest BCUT2D eigenvalue weighted by Gasteiger charge is 2.12. The Morgan fingerprint density at radius 1 is 0.964 bits per heavy atom. The van der Waals surface area contributed by atoms with Gasteiger partial charge in [-0.05, 0) is 48.0 Å². The van der Waals surface area contributed by atoms with E-state index in [4.69, 9.17) is 23.7 Å². The van der Waals surface area contributed by atoms with Gasteiger partial charge in [0.15, 0.2) is 11.5 Å². The lowest BCUT2D eigenvalue weighted by atomic mass is 10.1. The predicted octanol–water partition coefficient (Wildman–Crippen LogP) is 3.88. The third kappa shape index (κ3) is 6.19. The first-order valence-corrected chi connectivity index (χ1v) is 8.60. The molecule has 7 heteroatoms. The van der Waals surface area contributed by atoms with E-state index < -0.39 is 5.97 Å². The topological polar surface area (TPSA) is 63.2 Å². The van der Waals surface area contributed by atoms with Gasteiger partial charge in [-0.3, -0.25) is 0 Å². The van der Waals surface area contributed by atoms with Crippen molar-refractivity contribution in [2.45, 2.75) is 6.42 Å². The Labute approximate surface area is 163 Å². The molecule has 0 amide bonds. The molecule has 0 saturated heterocycles. The van der Waals surface area contributed by atoms with Crippen LogP contribution in [-0.2, 0) is 9.53 Å². The fourth-order valence-corrected chi connectivity index (χ4v) is 2.36. The van der Waals surface area contributed by atoms with Crippen molar-refractivity contribution in [3.63, 3.8) is 0 Å². The highest BCUT2D eigenvalue weighted by atomic mass is 19.1. The van der Waals surface area contributed by atoms with Crippen molar-refractivity contribution in [1.82, 2.24) is 0 Å². The van der Waals surface area contributed by atoms with Crippen LogP contribution in [0.15, 0.2) is 42.5 Å². The highest BCUT2D eigenvalue weighted by Crippen LogP contribution is 2.38. The summed E-state index contributed by atoms with van der Waals surface area (Å²) in [4.78, 5) is 11.8. The molecule has 2 rings (SSSR count). The lowest BCUT2D eigenvalue weighted by Crippen LogP contribution is -2.06. The first-order chi connectivity index (χ1) is 13.6. The van der Waals surface area contributed by atoms with Crippen LogP contribution in [0.2, 0.25) is 0 Å². The Morgan fingerprint density at radius 3 is 2.18 bits per heavy atom. The number of rotatable bonds is 10. The van der Waals surface area contributed by atoms with Crippen LogP contribution in [0.25, 0.3) is 6.08 Å². The standard InChI is InChI=1S/C21H23FO6/c1-24-18-13-15(14-19(25-2)21(18)26-3)5-10-20(23)28-12-4-11-27-17-8-6-16(22)7-9-17/h5-10,13-14H,4,11-12H2,1-3H3/b10-5+. The van der Waals surface area contributed by atoms with E-state index in [2.05, 4.69) is 0 Å². The summed E-state index contributed by atoms with van der Waals surface area (Å²) in [6, 6.07) is 9.18.